The first-order chi connectivity index (χ1) is 8.63. The molecule has 1 aromatic rings. The van der Waals surface area contributed by atoms with Crippen LogP contribution in [0.1, 0.15) is 26.7 Å². The monoisotopic (exact) mass is 250 g/mol. The number of amides is 1. The van der Waals surface area contributed by atoms with E-state index in [9.17, 15) is 4.79 Å². The number of nitrogens with one attached hydrogen (secondary N) is 1. The summed E-state index contributed by atoms with van der Waals surface area (Å²) in [6.45, 7) is 4.95. The van der Waals surface area contributed by atoms with E-state index in [0.717, 1.165) is 12.8 Å². The number of carbonyl (C=O) groups excluding carboxylic acids is 1. The maximum atomic E-state index is 11.6. The first-order valence-corrected chi connectivity index (χ1v) is 6.35. The highest BCUT2D eigenvalue weighted by atomic mass is 16.5. The molecule has 4 nitrogen and oxygen atoms in total. The Morgan fingerprint density at radius 1 is 1.44 bits per heavy atom. The van der Waals surface area contributed by atoms with Gasteiger partial charge >= 0.3 is 0 Å². The molecular formula is C14H22N2O2. The fourth-order valence-corrected chi connectivity index (χ4v) is 1.73. The largest absolute Gasteiger partial charge is 0.397 e. The van der Waals surface area contributed by atoms with Crippen LogP contribution in [0.15, 0.2) is 24.3 Å². The molecule has 18 heavy (non-hydrogen) atoms. The lowest BCUT2D eigenvalue weighted by molar-refractivity contribution is -0.121. The molecule has 1 rings (SSSR count). The van der Waals surface area contributed by atoms with Crippen molar-refractivity contribution in [1.29, 1.82) is 0 Å². The third-order valence-electron chi connectivity index (χ3n) is 2.65. The van der Waals surface area contributed by atoms with E-state index in [-0.39, 0.29) is 12.5 Å². The second-order valence-electron chi connectivity index (χ2n) is 4.54. The number of rotatable bonds is 7. The van der Waals surface area contributed by atoms with Gasteiger partial charge in [-0.1, -0.05) is 32.4 Å². The van der Waals surface area contributed by atoms with Crippen molar-refractivity contribution in [3.63, 3.8) is 0 Å². The quantitative estimate of drug-likeness (QED) is 0.731. The summed E-state index contributed by atoms with van der Waals surface area (Å²) in [6.07, 6.45) is 2.25. The zero-order valence-electron chi connectivity index (χ0n) is 11.1. The predicted octanol–water partition coefficient (Wildman–Crippen LogP) is 2.66. The Bertz CT molecular complexity index is 380. The minimum atomic E-state index is -0.170. The summed E-state index contributed by atoms with van der Waals surface area (Å²) in [4.78, 5) is 11.6. The van der Waals surface area contributed by atoms with Gasteiger partial charge in [0.1, 0.15) is 6.61 Å². The molecule has 100 valence electrons. The Morgan fingerprint density at radius 3 is 2.83 bits per heavy atom. The lowest BCUT2D eigenvalue weighted by Gasteiger charge is -2.11. The standard InChI is InChI=1S/C14H22N2O2/c1-3-6-11(2)9-18-10-14(17)16-13-8-5-4-7-12(13)15/h4-5,7-8,11H,3,6,9-10,15H2,1-2H3,(H,16,17). The molecule has 0 aliphatic rings. The summed E-state index contributed by atoms with van der Waals surface area (Å²) in [5, 5.41) is 2.73. The Labute approximate surface area is 109 Å². The van der Waals surface area contributed by atoms with Crippen LogP contribution in [0.5, 0.6) is 0 Å². The average Bonchev–Trinajstić information content (AvgIpc) is 2.32. The Hall–Kier alpha value is -1.55. The first kappa shape index (κ1) is 14.5. The summed E-state index contributed by atoms with van der Waals surface area (Å²) in [6, 6.07) is 7.18. The van der Waals surface area contributed by atoms with Gasteiger partial charge in [0.2, 0.25) is 5.91 Å². The number of anilines is 2. The maximum absolute atomic E-state index is 11.6. The molecule has 0 saturated carbocycles. The van der Waals surface area contributed by atoms with Gasteiger partial charge in [0.15, 0.2) is 0 Å². The van der Waals surface area contributed by atoms with Crippen molar-refractivity contribution in [2.75, 3.05) is 24.3 Å². The zero-order chi connectivity index (χ0) is 13.4. The molecule has 0 aliphatic carbocycles. The number of hydrogen-bond donors (Lipinski definition) is 2. The van der Waals surface area contributed by atoms with Crippen LogP contribution < -0.4 is 11.1 Å². The van der Waals surface area contributed by atoms with E-state index >= 15 is 0 Å². The second-order valence-corrected chi connectivity index (χ2v) is 4.54. The third-order valence-corrected chi connectivity index (χ3v) is 2.65. The molecule has 0 spiro atoms. The molecule has 3 N–H and O–H groups in total. The average molecular weight is 250 g/mol. The highest BCUT2D eigenvalue weighted by molar-refractivity contribution is 5.94. The molecule has 0 saturated heterocycles. The van der Waals surface area contributed by atoms with Gasteiger partial charge in [0.05, 0.1) is 11.4 Å². The molecule has 0 aromatic heterocycles. The molecule has 0 fully saturated rings. The maximum Gasteiger partial charge on any atom is 0.250 e. The van der Waals surface area contributed by atoms with Gasteiger partial charge in [0.25, 0.3) is 0 Å². The van der Waals surface area contributed by atoms with Crippen LogP contribution in [0.25, 0.3) is 0 Å². The van der Waals surface area contributed by atoms with E-state index < -0.39 is 0 Å². The topological polar surface area (TPSA) is 64.3 Å². The minimum Gasteiger partial charge on any atom is -0.397 e. The van der Waals surface area contributed by atoms with Crippen LogP contribution in [-0.4, -0.2) is 19.1 Å². The summed E-state index contributed by atoms with van der Waals surface area (Å²) in [5.74, 6) is 0.321. The number of nitrogen functional groups attached to an aromatic ring is 1. The summed E-state index contributed by atoms with van der Waals surface area (Å²) in [5.41, 5.74) is 6.92. The number of carbonyl (C=O) groups is 1. The fraction of sp³-hybridized carbons (Fsp3) is 0.500. The summed E-state index contributed by atoms with van der Waals surface area (Å²) >= 11 is 0. The third kappa shape index (κ3) is 5.19. The minimum absolute atomic E-state index is 0.0718. The highest BCUT2D eigenvalue weighted by Gasteiger charge is 2.06. The van der Waals surface area contributed by atoms with Crippen molar-refractivity contribution >= 4 is 17.3 Å². The first-order valence-electron chi connectivity index (χ1n) is 6.35. The Kier molecular flexibility index (Phi) is 6.22. The van der Waals surface area contributed by atoms with Crippen LogP contribution in [0.3, 0.4) is 0 Å². The SMILES string of the molecule is CCCC(C)COCC(=O)Nc1ccccc1N. The van der Waals surface area contributed by atoms with Gasteiger partial charge in [-0.2, -0.15) is 0 Å². The lowest BCUT2D eigenvalue weighted by atomic mass is 10.1. The van der Waals surface area contributed by atoms with E-state index in [1.54, 1.807) is 12.1 Å². The van der Waals surface area contributed by atoms with Crippen molar-refractivity contribution in [2.24, 2.45) is 5.92 Å². The van der Waals surface area contributed by atoms with Crippen molar-refractivity contribution in [3.8, 4) is 0 Å². The van der Waals surface area contributed by atoms with Gasteiger partial charge in [0, 0.05) is 6.61 Å². The van der Waals surface area contributed by atoms with Crippen molar-refractivity contribution in [2.45, 2.75) is 26.7 Å². The van der Waals surface area contributed by atoms with Crippen molar-refractivity contribution in [1.82, 2.24) is 0 Å². The molecule has 0 bridgehead atoms. The number of nitrogens with two attached hydrogens (primary N) is 1. The van der Waals surface area contributed by atoms with Gasteiger partial charge in [-0.15, -0.1) is 0 Å². The van der Waals surface area contributed by atoms with Crippen LogP contribution in [0.4, 0.5) is 11.4 Å². The fourth-order valence-electron chi connectivity index (χ4n) is 1.73. The summed E-state index contributed by atoms with van der Waals surface area (Å²) < 4.78 is 5.37. The summed E-state index contributed by atoms with van der Waals surface area (Å²) in [7, 11) is 0. The highest BCUT2D eigenvalue weighted by Crippen LogP contribution is 2.16. The molecule has 1 atom stereocenters. The Morgan fingerprint density at radius 2 is 2.17 bits per heavy atom. The lowest BCUT2D eigenvalue weighted by Crippen LogP contribution is -2.20. The van der Waals surface area contributed by atoms with Gasteiger partial charge in [-0.25, -0.2) is 0 Å². The van der Waals surface area contributed by atoms with Crippen molar-refractivity contribution < 1.29 is 9.53 Å². The molecule has 0 aliphatic heterocycles. The molecule has 4 heteroatoms. The Balaban J connectivity index is 2.28. The van der Waals surface area contributed by atoms with Gasteiger partial charge < -0.3 is 15.8 Å². The number of hydrogen-bond acceptors (Lipinski definition) is 3. The molecular weight excluding hydrogens is 228 g/mol. The molecule has 0 heterocycles. The molecule has 1 aromatic carbocycles. The van der Waals surface area contributed by atoms with Crippen LogP contribution >= 0.6 is 0 Å². The molecule has 1 amide bonds. The number of para-hydroxylation sites is 2. The van der Waals surface area contributed by atoms with E-state index in [0.29, 0.717) is 23.9 Å². The van der Waals surface area contributed by atoms with Crippen LogP contribution in [0.2, 0.25) is 0 Å². The van der Waals surface area contributed by atoms with E-state index in [1.807, 2.05) is 12.1 Å². The molecule has 1 unspecified atom stereocenters. The normalized spacial score (nSPS) is 12.1. The second kappa shape index (κ2) is 7.71. The number of benzene rings is 1. The van der Waals surface area contributed by atoms with Gasteiger partial charge in [-0.3, -0.25) is 4.79 Å². The smallest absolute Gasteiger partial charge is 0.250 e. The number of ether oxygens (including phenoxy) is 1. The zero-order valence-corrected chi connectivity index (χ0v) is 11.1. The van der Waals surface area contributed by atoms with Gasteiger partial charge in [-0.05, 0) is 24.5 Å². The van der Waals surface area contributed by atoms with Crippen LogP contribution in [0, 0.1) is 5.92 Å². The molecule has 0 radical (unpaired) electrons. The van der Waals surface area contributed by atoms with Crippen LogP contribution in [-0.2, 0) is 9.53 Å². The predicted molar refractivity (Wildman–Crippen MR) is 74.4 cm³/mol. The van der Waals surface area contributed by atoms with E-state index in [4.69, 9.17) is 10.5 Å². The van der Waals surface area contributed by atoms with E-state index in [2.05, 4.69) is 19.2 Å². The van der Waals surface area contributed by atoms with Crippen molar-refractivity contribution in [3.05, 3.63) is 24.3 Å². The van der Waals surface area contributed by atoms with E-state index in [1.165, 1.54) is 0 Å².